The SMILES string of the molecule is CCCCC/C=C\C/C=C\C/C=C\CC(O)C(O)CCCC(=O)OC[C@H](COP(=O)(O)O[C@H]1C(O)C(O)C(O)[C@@H](OP(=O)(O)O)C1O)OC(=O)CCCCCCCCC/C=C\CCCCCC. The second kappa shape index (κ2) is 37.7. The lowest BCUT2D eigenvalue weighted by molar-refractivity contribution is -0.216. The van der Waals surface area contributed by atoms with Crippen LogP contribution in [0.5, 0.6) is 0 Å². The monoisotopic (exact) mass is 999 g/mol. The Morgan fingerprint density at radius 2 is 1.01 bits per heavy atom. The maximum atomic E-state index is 13.0. The summed E-state index contributed by atoms with van der Waals surface area (Å²) >= 11 is 0. The van der Waals surface area contributed by atoms with Crippen molar-refractivity contribution in [2.45, 2.75) is 223 Å². The number of phosphoric ester groups is 2. The van der Waals surface area contributed by atoms with E-state index in [4.69, 9.17) is 18.5 Å². The van der Waals surface area contributed by atoms with E-state index in [1.165, 1.54) is 44.9 Å². The Balaban J connectivity index is 2.69. The maximum absolute atomic E-state index is 13.0. The van der Waals surface area contributed by atoms with Gasteiger partial charge >= 0.3 is 27.6 Å². The summed E-state index contributed by atoms with van der Waals surface area (Å²) in [5.41, 5.74) is 0. The van der Waals surface area contributed by atoms with Gasteiger partial charge in [-0.15, -0.1) is 0 Å². The van der Waals surface area contributed by atoms with Crippen molar-refractivity contribution >= 4 is 27.6 Å². The van der Waals surface area contributed by atoms with E-state index in [0.29, 0.717) is 12.8 Å². The van der Waals surface area contributed by atoms with Crippen molar-refractivity contribution < 1.29 is 87.1 Å². The highest BCUT2D eigenvalue weighted by atomic mass is 31.2. The summed E-state index contributed by atoms with van der Waals surface area (Å²) in [7, 11) is -10.8. The Hall–Kier alpha value is -2.12. The standard InChI is InChI=1S/C47H84O18P2/c1-3-5-7-9-11-13-15-17-18-19-21-23-25-27-29-33-41(51)63-37(36-62-67(59,60)65-47-44(54)42(52)43(53)46(45(47)55)64-66(56,57)58)35-61-40(50)34-30-32-39(49)38(48)31-28-26-24-22-20-16-14-12-10-8-6-4-2/h12-15,20,22,26,28,37-39,42-49,52-55H,3-11,16-19,21,23-25,27,29-36H2,1-2H3,(H,59,60)(H2,56,57,58)/b14-12-,15-13-,22-20-,28-26-/t37-,38?,39?,42?,43?,44?,45?,46-,47+/m1/s1. The molecule has 10 atom stereocenters. The zero-order valence-corrected chi connectivity index (χ0v) is 41.6. The highest BCUT2D eigenvalue weighted by Crippen LogP contribution is 2.49. The molecule has 20 heteroatoms. The molecule has 1 fully saturated rings. The Kier molecular flexibility index (Phi) is 35.4. The zero-order valence-electron chi connectivity index (χ0n) is 39.8. The first kappa shape index (κ1) is 62.9. The van der Waals surface area contributed by atoms with Crippen molar-refractivity contribution in [2.24, 2.45) is 0 Å². The van der Waals surface area contributed by atoms with E-state index in [1.807, 2.05) is 12.2 Å². The highest BCUT2D eigenvalue weighted by molar-refractivity contribution is 7.47. The van der Waals surface area contributed by atoms with Gasteiger partial charge in [-0.2, -0.15) is 0 Å². The molecule has 0 aromatic rings. The Morgan fingerprint density at radius 3 is 1.61 bits per heavy atom. The minimum atomic E-state index is -5.40. The summed E-state index contributed by atoms with van der Waals surface area (Å²) in [5.74, 6) is -1.50. The molecule has 0 spiro atoms. The van der Waals surface area contributed by atoms with E-state index in [2.05, 4.69) is 48.8 Å². The van der Waals surface area contributed by atoms with Crippen molar-refractivity contribution in [3.05, 3.63) is 48.6 Å². The minimum absolute atomic E-state index is 0.0224. The molecule has 390 valence electrons. The molecule has 7 unspecified atom stereocenters. The van der Waals surface area contributed by atoms with E-state index in [1.54, 1.807) is 6.08 Å². The number of rotatable bonds is 40. The number of carbonyl (C=O) groups is 2. The summed E-state index contributed by atoms with van der Waals surface area (Å²) in [4.78, 5) is 54.4. The first-order valence-electron chi connectivity index (χ1n) is 24.3. The lowest BCUT2D eigenvalue weighted by Crippen LogP contribution is -2.64. The normalized spacial score (nSPS) is 22.7. The molecule has 0 heterocycles. The van der Waals surface area contributed by atoms with Crippen molar-refractivity contribution in [1.29, 1.82) is 0 Å². The molecule has 0 saturated heterocycles. The number of unbranched alkanes of at least 4 members (excludes halogenated alkanes) is 14. The number of aliphatic hydroxyl groups is 6. The molecule has 0 aromatic heterocycles. The van der Waals surface area contributed by atoms with Crippen LogP contribution >= 0.6 is 15.6 Å². The van der Waals surface area contributed by atoms with Gasteiger partial charge in [-0.3, -0.25) is 23.2 Å². The average molecular weight is 999 g/mol. The number of phosphoric acid groups is 2. The third-order valence-corrected chi connectivity index (χ3v) is 12.6. The van der Waals surface area contributed by atoms with Crippen LogP contribution in [0.1, 0.15) is 168 Å². The van der Waals surface area contributed by atoms with Crippen LogP contribution < -0.4 is 0 Å². The number of carbonyl (C=O) groups excluding carboxylic acids is 2. The number of allylic oxidation sites excluding steroid dienone is 7. The number of hydrogen-bond donors (Lipinski definition) is 9. The van der Waals surface area contributed by atoms with Gasteiger partial charge < -0.3 is 54.8 Å². The molecule has 0 radical (unpaired) electrons. The molecule has 1 saturated carbocycles. The lowest BCUT2D eigenvalue weighted by Gasteiger charge is -2.43. The van der Waals surface area contributed by atoms with Gasteiger partial charge in [0.15, 0.2) is 6.10 Å². The molecule has 1 aliphatic carbocycles. The highest BCUT2D eigenvalue weighted by Gasteiger charge is 2.54. The molecule has 18 nitrogen and oxygen atoms in total. The van der Waals surface area contributed by atoms with Gasteiger partial charge in [0, 0.05) is 12.8 Å². The van der Waals surface area contributed by atoms with Crippen molar-refractivity contribution in [3.63, 3.8) is 0 Å². The minimum Gasteiger partial charge on any atom is -0.462 e. The third kappa shape index (κ3) is 31.7. The number of aliphatic hydroxyl groups excluding tert-OH is 6. The summed E-state index contributed by atoms with van der Waals surface area (Å²) < 4.78 is 49.2. The first-order chi connectivity index (χ1) is 31.9. The fourth-order valence-electron chi connectivity index (χ4n) is 7.12. The fraction of sp³-hybridized carbons (Fsp3) is 0.787. The summed E-state index contributed by atoms with van der Waals surface area (Å²) in [5, 5.41) is 62.0. The second-order valence-corrected chi connectivity index (χ2v) is 19.7. The van der Waals surface area contributed by atoms with Crippen molar-refractivity contribution in [1.82, 2.24) is 0 Å². The second-order valence-electron chi connectivity index (χ2n) is 17.1. The predicted molar refractivity (Wildman–Crippen MR) is 253 cm³/mol. The van der Waals surface area contributed by atoms with Crippen LogP contribution in [0, 0.1) is 0 Å². The molecular weight excluding hydrogens is 914 g/mol. The maximum Gasteiger partial charge on any atom is 0.472 e. The van der Waals surface area contributed by atoms with Gasteiger partial charge in [-0.05, 0) is 77.0 Å². The molecule has 0 amide bonds. The summed E-state index contributed by atoms with van der Waals surface area (Å²) in [6.07, 6.45) is 19.3. The lowest BCUT2D eigenvalue weighted by atomic mass is 9.85. The topological polar surface area (TPSA) is 296 Å². The van der Waals surface area contributed by atoms with Crippen LogP contribution in [0.25, 0.3) is 0 Å². The molecule has 0 aromatic carbocycles. The van der Waals surface area contributed by atoms with Gasteiger partial charge in [0.1, 0.15) is 43.2 Å². The van der Waals surface area contributed by atoms with Gasteiger partial charge in [0.05, 0.1) is 18.8 Å². The van der Waals surface area contributed by atoms with Crippen molar-refractivity contribution in [3.8, 4) is 0 Å². The van der Waals surface area contributed by atoms with E-state index in [9.17, 15) is 64.0 Å². The number of ether oxygens (including phenoxy) is 2. The molecular formula is C47H84O18P2. The van der Waals surface area contributed by atoms with E-state index < -0.39 is 95.7 Å². The first-order valence-corrected chi connectivity index (χ1v) is 27.4. The molecule has 1 aliphatic rings. The molecule has 1 rings (SSSR count). The van der Waals surface area contributed by atoms with E-state index in [0.717, 1.165) is 64.2 Å². The Bertz CT molecular complexity index is 1520. The van der Waals surface area contributed by atoms with Crippen LogP contribution in [0.2, 0.25) is 0 Å². The summed E-state index contributed by atoms with van der Waals surface area (Å²) in [6.45, 7) is 2.81. The van der Waals surface area contributed by atoms with Gasteiger partial charge in [-0.25, -0.2) is 9.13 Å². The quantitative estimate of drug-likeness (QED) is 0.0127. The molecule has 9 N–H and O–H groups in total. The smallest absolute Gasteiger partial charge is 0.462 e. The van der Waals surface area contributed by atoms with Crippen LogP contribution in [0.15, 0.2) is 48.6 Å². The predicted octanol–water partition coefficient (Wildman–Crippen LogP) is 7.23. The molecule has 0 bridgehead atoms. The number of hydrogen-bond acceptors (Lipinski definition) is 15. The molecule has 0 aliphatic heterocycles. The van der Waals surface area contributed by atoms with Crippen LogP contribution in [-0.4, -0.2) is 125 Å². The Morgan fingerprint density at radius 1 is 0.537 bits per heavy atom. The van der Waals surface area contributed by atoms with Gasteiger partial charge in [0.25, 0.3) is 0 Å². The Labute approximate surface area is 398 Å². The average Bonchev–Trinajstić information content (AvgIpc) is 3.28. The largest absolute Gasteiger partial charge is 0.472 e. The van der Waals surface area contributed by atoms with Crippen LogP contribution in [0.4, 0.5) is 0 Å². The fourth-order valence-corrected chi connectivity index (χ4v) is 8.66. The van der Waals surface area contributed by atoms with Crippen LogP contribution in [0.3, 0.4) is 0 Å². The van der Waals surface area contributed by atoms with Crippen molar-refractivity contribution in [2.75, 3.05) is 13.2 Å². The summed E-state index contributed by atoms with van der Waals surface area (Å²) in [6, 6.07) is 0. The van der Waals surface area contributed by atoms with Gasteiger partial charge in [0.2, 0.25) is 0 Å². The zero-order chi connectivity index (χ0) is 49.9. The van der Waals surface area contributed by atoms with Crippen LogP contribution in [-0.2, 0) is 41.8 Å². The third-order valence-electron chi connectivity index (χ3n) is 11.1. The van der Waals surface area contributed by atoms with Gasteiger partial charge in [-0.1, -0.05) is 127 Å². The van der Waals surface area contributed by atoms with E-state index >= 15 is 0 Å². The molecule has 67 heavy (non-hydrogen) atoms. The van der Waals surface area contributed by atoms with E-state index in [-0.39, 0.29) is 32.1 Å². The number of esters is 2.